The lowest BCUT2D eigenvalue weighted by atomic mass is 9.98. The van der Waals surface area contributed by atoms with Crippen LogP contribution in [0.15, 0.2) is 22.7 Å². The zero-order valence-electron chi connectivity index (χ0n) is 13.9. The minimum Gasteiger partial charge on any atom is -0.444 e. The molecule has 23 heavy (non-hydrogen) atoms. The van der Waals surface area contributed by atoms with E-state index in [4.69, 9.17) is 4.74 Å². The van der Waals surface area contributed by atoms with Crippen molar-refractivity contribution in [1.29, 1.82) is 0 Å². The maximum atomic E-state index is 13.2. The van der Waals surface area contributed by atoms with E-state index < -0.39 is 5.60 Å². The monoisotopic (exact) mass is 386 g/mol. The minimum absolute atomic E-state index is 0.244. The Bertz CT molecular complexity index is 560. The van der Waals surface area contributed by atoms with Gasteiger partial charge in [0, 0.05) is 25.3 Å². The number of amides is 1. The number of carbonyl (C=O) groups excluding carboxylic acids is 1. The van der Waals surface area contributed by atoms with Crippen LogP contribution >= 0.6 is 15.9 Å². The number of anilines is 1. The molecule has 128 valence electrons. The van der Waals surface area contributed by atoms with Crippen LogP contribution in [-0.4, -0.2) is 36.2 Å². The summed E-state index contributed by atoms with van der Waals surface area (Å²) in [6, 6.07) is 4.87. The predicted molar refractivity (Wildman–Crippen MR) is 93.1 cm³/mol. The van der Waals surface area contributed by atoms with Crippen LogP contribution in [-0.2, 0) is 4.74 Å². The summed E-state index contributed by atoms with van der Waals surface area (Å²) in [5, 5.41) is 3.31. The highest BCUT2D eigenvalue weighted by Gasteiger charge is 2.27. The van der Waals surface area contributed by atoms with Crippen LogP contribution in [0.3, 0.4) is 0 Å². The molecule has 6 heteroatoms. The highest BCUT2D eigenvalue weighted by Crippen LogP contribution is 2.22. The molecule has 0 aliphatic carbocycles. The lowest BCUT2D eigenvalue weighted by molar-refractivity contribution is 0.0172. The fourth-order valence-corrected chi connectivity index (χ4v) is 2.97. The molecule has 1 saturated heterocycles. The Balaban J connectivity index is 1.86. The Morgan fingerprint density at radius 3 is 2.87 bits per heavy atom. The van der Waals surface area contributed by atoms with Crippen molar-refractivity contribution in [3.63, 3.8) is 0 Å². The third kappa shape index (κ3) is 5.68. The first-order valence-corrected chi connectivity index (χ1v) is 8.71. The van der Waals surface area contributed by atoms with Crippen molar-refractivity contribution in [2.24, 2.45) is 5.92 Å². The van der Waals surface area contributed by atoms with Crippen molar-refractivity contribution in [2.45, 2.75) is 39.2 Å². The summed E-state index contributed by atoms with van der Waals surface area (Å²) in [6.45, 7) is 7.80. The number of likely N-dealkylation sites (tertiary alicyclic amines) is 1. The Morgan fingerprint density at radius 2 is 2.22 bits per heavy atom. The molecule has 0 radical (unpaired) electrons. The van der Waals surface area contributed by atoms with Gasteiger partial charge in [-0.25, -0.2) is 9.18 Å². The molecular formula is C17H24BrFN2O2. The van der Waals surface area contributed by atoms with Crippen LogP contribution in [0.2, 0.25) is 0 Å². The van der Waals surface area contributed by atoms with Crippen molar-refractivity contribution in [3.05, 3.63) is 28.5 Å². The maximum absolute atomic E-state index is 13.2. The molecule has 0 aromatic heterocycles. The third-order valence-electron chi connectivity index (χ3n) is 3.69. The lowest BCUT2D eigenvalue weighted by Crippen LogP contribution is -2.44. The molecule has 1 atom stereocenters. The molecule has 0 bridgehead atoms. The molecule has 1 unspecified atom stereocenters. The summed E-state index contributed by atoms with van der Waals surface area (Å²) in [7, 11) is 0. The number of benzene rings is 1. The van der Waals surface area contributed by atoms with Crippen LogP contribution in [0, 0.1) is 11.7 Å². The van der Waals surface area contributed by atoms with E-state index in [2.05, 4.69) is 21.2 Å². The van der Waals surface area contributed by atoms with E-state index in [1.807, 2.05) is 20.8 Å². The van der Waals surface area contributed by atoms with Crippen LogP contribution in [0.1, 0.15) is 33.6 Å². The lowest BCUT2D eigenvalue weighted by Gasteiger charge is -2.34. The van der Waals surface area contributed by atoms with Crippen LogP contribution < -0.4 is 5.32 Å². The van der Waals surface area contributed by atoms with Crippen molar-refractivity contribution in [2.75, 3.05) is 25.0 Å². The molecule has 2 rings (SSSR count). The number of piperidine rings is 1. The molecule has 1 N–H and O–H groups in total. The van der Waals surface area contributed by atoms with E-state index in [1.54, 1.807) is 17.0 Å². The van der Waals surface area contributed by atoms with E-state index in [1.165, 1.54) is 6.07 Å². The molecule has 1 fully saturated rings. The van der Waals surface area contributed by atoms with Gasteiger partial charge in [0.2, 0.25) is 0 Å². The summed E-state index contributed by atoms with van der Waals surface area (Å²) < 4.78 is 19.1. The largest absolute Gasteiger partial charge is 0.444 e. The van der Waals surface area contributed by atoms with Gasteiger partial charge in [-0.2, -0.15) is 0 Å². The molecule has 1 aromatic carbocycles. The molecule has 0 saturated carbocycles. The number of hydrogen-bond acceptors (Lipinski definition) is 3. The third-order valence-corrected chi connectivity index (χ3v) is 4.29. The first-order valence-electron chi connectivity index (χ1n) is 7.91. The van der Waals surface area contributed by atoms with E-state index in [9.17, 15) is 9.18 Å². The molecule has 0 spiro atoms. The van der Waals surface area contributed by atoms with Crippen molar-refractivity contribution in [1.82, 2.24) is 4.90 Å². The predicted octanol–water partition coefficient (Wildman–Crippen LogP) is 4.65. The van der Waals surface area contributed by atoms with Crippen molar-refractivity contribution < 1.29 is 13.9 Å². The average molecular weight is 387 g/mol. The topological polar surface area (TPSA) is 41.6 Å². The van der Waals surface area contributed by atoms with Gasteiger partial charge in [0.1, 0.15) is 11.4 Å². The van der Waals surface area contributed by atoms with E-state index in [-0.39, 0.29) is 11.9 Å². The van der Waals surface area contributed by atoms with Gasteiger partial charge in [0.15, 0.2) is 0 Å². The molecule has 4 nitrogen and oxygen atoms in total. The Labute approximate surface area is 145 Å². The first-order chi connectivity index (χ1) is 10.7. The molecule has 1 aliphatic rings. The van der Waals surface area contributed by atoms with Crippen molar-refractivity contribution >= 4 is 27.7 Å². The van der Waals surface area contributed by atoms with Gasteiger partial charge in [-0.05, 0) is 73.7 Å². The number of nitrogens with zero attached hydrogens (tertiary/aromatic N) is 1. The SMILES string of the molecule is CC(C)(C)OC(=O)N1CCCC(CNc2ccc(F)c(Br)c2)C1. The fourth-order valence-electron chi connectivity index (χ4n) is 2.59. The molecular weight excluding hydrogens is 363 g/mol. The molecule has 1 heterocycles. The number of carbonyl (C=O) groups is 1. The number of halogens is 2. The van der Waals surface area contributed by atoms with Crippen LogP contribution in [0.5, 0.6) is 0 Å². The summed E-state index contributed by atoms with van der Waals surface area (Å²) >= 11 is 3.18. The van der Waals surface area contributed by atoms with Gasteiger partial charge in [0.25, 0.3) is 0 Å². The second kappa shape index (κ2) is 7.51. The molecule has 1 aliphatic heterocycles. The van der Waals surface area contributed by atoms with Gasteiger partial charge >= 0.3 is 6.09 Å². The van der Waals surface area contributed by atoms with Gasteiger partial charge in [-0.1, -0.05) is 0 Å². The zero-order chi connectivity index (χ0) is 17.0. The van der Waals surface area contributed by atoms with Crippen LogP contribution in [0.25, 0.3) is 0 Å². The quantitative estimate of drug-likeness (QED) is 0.821. The number of ether oxygens (including phenoxy) is 1. The molecule has 1 aromatic rings. The smallest absolute Gasteiger partial charge is 0.410 e. The van der Waals surface area contributed by atoms with E-state index >= 15 is 0 Å². The van der Waals surface area contributed by atoms with E-state index in [0.29, 0.717) is 16.9 Å². The first kappa shape index (κ1) is 18.0. The van der Waals surface area contributed by atoms with Gasteiger partial charge in [-0.3, -0.25) is 0 Å². The zero-order valence-corrected chi connectivity index (χ0v) is 15.5. The van der Waals surface area contributed by atoms with Crippen LogP contribution in [0.4, 0.5) is 14.9 Å². The number of nitrogens with one attached hydrogen (secondary N) is 1. The Kier molecular flexibility index (Phi) is 5.89. The van der Waals surface area contributed by atoms with Gasteiger partial charge in [0.05, 0.1) is 4.47 Å². The van der Waals surface area contributed by atoms with Gasteiger partial charge < -0.3 is 15.0 Å². The van der Waals surface area contributed by atoms with Gasteiger partial charge in [-0.15, -0.1) is 0 Å². The highest BCUT2D eigenvalue weighted by atomic mass is 79.9. The summed E-state index contributed by atoms with van der Waals surface area (Å²) in [5.74, 6) is 0.0874. The number of hydrogen-bond donors (Lipinski definition) is 1. The fraction of sp³-hybridized carbons (Fsp3) is 0.588. The summed E-state index contributed by atoms with van der Waals surface area (Å²) in [5.41, 5.74) is 0.399. The summed E-state index contributed by atoms with van der Waals surface area (Å²) in [4.78, 5) is 13.9. The number of rotatable bonds is 3. The summed E-state index contributed by atoms with van der Waals surface area (Å²) in [6.07, 6.45) is 1.79. The highest BCUT2D eigenvalue weighted by molar-refractivity contribution is 9.10. The minimum atomic E-state index is -0.470. The average Bonchev–Trinajstić information content (AvgIpc) is 2.47. The second-order valence-corrected chi connectivity index (χ2v) is 7.80. The Morgan fingerprint density at radius 1 is 1.48 bits per heavy atom. The maximum Gasteiger partial charge on any atom is 0.410 e. The van der Waals surface area contributed by atoms with E-state index in [0.717, 1.165) is 31.6 Å². The molecule has 1 amide bonds. The standard InChI is InChI=1S/C17H24BrFN2O2/c1-17(2,3)23-16(22)21-8-4-5-12(11-21)10-20-13-6-7-15(19)14(18)9-13/h6-7,9,12,20H,4-5,8,10-11H2,1-3H3. The Hall–Kier alpha value is -1.30. The normalized spacial score (nSPS) is 18.7. The second-order valence-electron chi connectivity index (χ2n) is 6.94. The van der Waals surface area contributed by atoms with Crippen molar-refractivity contribution in [3.8, 4) is 0 Å².